The van der Waals surface area contributed by atoms with Crippen molar-refractivity contribution in [3.05, 3.63) is 58.8 Å². The van der Waals surface area contributed by atoms with Crippen molar-refractivity contribution in [3.63, 3.8) is 0 Å². The maximum atomic E-state index is 14.4. The van der Waals surface area contributed by atoms with Crippen LogP contribution >= 0.6 is 23.4 Å². The largest absolute Gasteiger partial charge is 0.495 e. The van der Waals surface area contributed by atoms with Gasteiger partial charge < -0.3 is 48.4 Å². The molecule has 4 heterocycles. The Balaban J connectivity index is 1.18. The molecular weight excluding hydrogens is 924 g/mol. The number of carbonyl (C=O) groups is 6. The predicted octanol–water partition coefficient (Wildman–Crippen LogP) is 5.23. The molecule has 3 saturated heterocycles. The smallest absolute Gasteiger partial charge is 0.409 e. The topological polar surface area (TPSA) is 223 Å². The Hall–Kier alpha value is -4.66. The minimum atomic E-state index is -1.87. The molecule has 5 aliphatic rings. The summed E-state index contributed by atoms with van der Waals surface area (Å²) in [6.07, 6.45) is 1.90. The number of hydrogen-bond donors (Lipinski definition) is 3. The lowest BCUT2D eigenvalue weighted by atomic mass is 9.82. The van der Waals surface area contributed by atoms with E-state index in [0.717, 1.165) is 11.1 Å². The van der Waals surface area contributed by atoms with E-state index in [9.17, 15) is 39.0 Å². The average molecular weight is 990 g/mol. The van der Waals surface area contributed by atoms with Gasteiger partial charge in [-0.1, -0.05) is 48.9 Å². The number of aliphatic carboxylic acids is 1. The highest BCUT2D eigenvalue weighted by atomic mass is 35.5. The highest BCUT2D eigenvalue weighted by Crippen LogP contribution is 2.49. The number of nitrogens with zero attached hydrogens (tertiary/aromatic N) is 3. The van der Waals surface area contributed by atoms with Crippen molar-refractivity contribution in [3.8, 4) is 5.75 Å². The number of nitrogens with one attached hydrogen (secondary N) is 1. The van der Waals surface area contributed by atoms with Crippen LogP contribution in [0.5, 0.6) is 5.75 Å². The van der Waals surface area contributed by atoms with Crippen LogP contribution in [0, 0.1) is 17.8 Å². The second-order valence-electron chi connectivity index (χ2n) is 18.7. The van der Waals surface area contributed by atoms with Crippen molar-refractivity contribution in [1.82, 2.24) is 15.1 Å². The first kappa shape index (κ1) is 52.7. The maximum absolute atomic E-state index is 14.4. The molecule has 4 bridgehead atoms. The third-order valence-electron chi connectivity index (χ3n) is 14.0. The molecule has 3 N–H and O–H groups in total. The van der Waals surface area contributed by atoms with E-state index in [1.54, 1.807) is 52.2 Å². The number of anilines is 1. The molecule has 4 fully saturated rings. The first-order chi connectivity index (χ1) is 32.1. The van der Waals surface area contributed by atoms with Crippen LogP contribution in [0.1, 0.15) is 77.7 Å². The highest BCUT2D eigenvalue weighted by Gasteiger charge is 2.64. The molecule has 9 atom stereocenters. The first-order valence-electron chi connectivity index (χ1n) is 22.9. The molecule has 9 unspecified atom stereocenters. The SMILES string of the molecule is C=C(CCSC1CC(=O)N(CC2CCC(C(=O)O)CC2)C1=O)N(C)C(OC)C(=O)OC1CC(=O)N(C)c2cc(cc(OC)c2Cl)C/C(C)=C/C=C/C(OC)C2(O)CC(OC(=O)N2)C(C)C2OC12C. The molecular formula is C48H65ClN4O14S. The lowest BCUT2D eigenvalue weighted by Gasteiger charge is -2.42. The number of epoxide rings is 1. The molecule has 1 saturated carbocycles. The van der Waals surface area contributed by atoms with Crippen molar-refractivity contribution in [2.45, 2.75) is 126 Å². The van der Waals surface area contributed by atoms with Crippen molar-refractivity contribution in [2.75, 3.05) is 52.6 Å². The van der Waals surface area contributed by atoms with E-state index in [-0.39, 0.29) is 54.5 Å². The number of carboxylic acids is 1. The number of carboxylic acid groups (broad SMARTS) is 1. The number of aliphatic hydroxyl groups is 1. The normalized spacial score (nSPS) is 32.8. The standard InChI is InChI=1S/C48H65ClN4O14S/c1-26-11-10-12-36(63-8)48(61)24-34(65-46(60)50-48)28(3)41-47(4,67-41)37(23-38(54)52(6)32-20-30(19-26)21-33(62-7)40(32)49)66-45(59)43(64-9)51(5)27(2)17-18-68-35-22-39(55)53(42(35)56)25-29-13-15-31(16-14-29)44(57)58/h10-12,20-21,28-29,31,34-37,41,43,61H,2,13-19,22-25H2,1,3-9H3,(H,50,60)(H,57,58)/b12-10+,26-11+. The van der Waals surface area contributed by atoms with Gasteiger partial charge in [-0.25, -0.2) is 9.59 Å². The third kappa shape index (κ3) is 11.7. The van der Waals surface area contributed by atoms with Gasteiger partial charge in [0, 0.05) is 59.3 Å². The number of hydrogen-bond acceptors (Lipinski definition) is 15. The van der Waals surface area contributed by atoms with Crippen molar-refractivity contribution in [2.24, 2.45) is 17.8 Å². The molecule has 1 aromatic carbocycles. The van der Waals surface area contributed by atoms with E-state index in [1.807, 2.05) is 13.0 Å². The van der Waals surface area contributed by atoms with E-state index in [2.05, 4.69) is 11.9 Å². The molecule has 0 spiro atoms. The van der Waals surface area contributed by atoms with Crippen LogP contribution in [-0.4, -0.2) is 151 Å². The van der Waals surface area contributed by atoms with Gasteiger partial charge in [-0.15, -0.1) is 11.8 Å². The Labute approximate surface area is 406 Å². The Morgan fingerprint density at radius 1 is 1.10 bits per heavy atom. The minimum Gasteiger partial charge on any atom is -0.495 e. The number of amides is 4. The van der Waals surface area contributed by atoms with Crippen LogP contribution in [0.25, 0.3) is 0 Å². The van der Waals surface area contributed by atoms with Crippen LogP contribution in [-0.2, 0) is 54.1 Å². The summed E-state index contributed by atoms with van der Waals surface area (Å²) in [5.74, 6) is -2.80. The number of likely N-dealkylation sites (N-methyl/N-ethyl adjacent to an activating group) is 1. The Morgan fingerprint density at radius 2 is 1.81 bits per heavy atom. The fraction of sp³-hybridized carbons (Fsp3) is 0.625. The summed E-state index contributed by atoms with van der Waals surface area (Å²) in [6.45, 7) is 9.85. The number of imide groups is 1. The number of alkyl carbamates (subject to hydrolysis) is 1. The molecule has 1 aliphatic carbocycles. The summed E-state index contributed by atoms with van der Waals surface area (Å²) in [7, 11) is 7.39. The van der Waals surface area contributed by atoms with Gasteiger partial charge in [0.1, 0.15) is 34.7 Å². The van der Waals surface area contributed by atoms with Gasteiger partial charge in [0.05, 0.1) is 36.5 Å². The number of esters is 1. The van der Waals surface area contributed by atoms with E-state index in [4.69, 9.17) is 40.0 Å². The van der Waals surface area contributed by atoms with Gasteiger partial charge in [-0.2, -0.15) is 0 Å². The molecule has 6 rings (SSSR count). The number of likely N-dealkylation sites (tertiary alicyclic amines) is 1. The lowest BCUT2D eigenvalue weighted by molar-refractivity contribution is -0.174. The first-order valence-corrected chi connectivity index (χ1v) is 24.3. The molecule has 4 aliphatic heterocycles. The zero-order valence-corrected chi connectivity index (χ0v) is 41.6. The average Bonchev–Trinajstić information content (AvgIpc) is 3.92. The summed E-state index contributed by atoms with van der Waals surface area (Å²) in [5.41, 5.74) is -0.652. The fourth-order valence-corrected chi connectivity index (χ4v) is 11.2. The Kier molecular flexibility index (Phi) is 17.0. The van der Waals surface area contributed by atoms with Gasteiger partial charge in [0.2, 0.25) is 23.9 Å². The number of fused-ring (bicyclic) bond motifs is 5. The van der Waals surface area contributed by atoms with Crippen LogP contribution in [0.15, 0.2) is 48.2 Å². The van der Waals surface area contributed by atoms with Crippen molar-refractivity contribution < 1.29 is 67.4 Å². The van der Waals surface area contributed by atoms with Gasteiger partial charge in [-0.05, 0) is 81.7 Å². The lowest BCUT2D eigenvalue weighted by Crippen LogP contribution is -2.63. The number of benzene rings is 1. The van der Waals surface area contributed by atoms with Crippen LogP contribution in [0.4, 0.5) is 10.5 Å². The van der Waals surface area contributed by atoms with E-state index in [1.165, 1.54) is 47.8 Å². The number of halogens is 1. The fourth-order valence-electron chi connectivity index (χ4n) is 9.70. The van der Waals surface area contributed by atoms with E-state index >= 15 is 0 Å². The van der Waals surface area contributed by atoms with E-state index in [0.29, 0.717) is 61.4 Å². The molecule has 4 amide bonds. The highest BCUT2D eigenvalue weighted by molar-refractivity contribution is 8.00. The summed E-state index contributed by atoms with van der Waals surface area (Å²) >= 11 is 8.15. The van der Waals surface area contributed by atoms with Gasteiger partial charge in [0.15, 0.2) is 5.72 Å². The molecule has 20 heteroatoms. The third-order valence-corrected chi connectivity index (χ3v) is 15.6. The second-order valence-corrected chi connectivity index (χ2v) is 20.4. The molecule has 18 nitrogen and oxygen atoms in total. The molecule has 1 aromatic rings. The van der Waals surface area contributed by atoms with Gasteiger partial charge >= 0.3 is 18.0 Å². The van der Waals surface area contributed by atoms with Crippen molar-refractivity contribution >= 4 is 64.8 Å². The molecule has 68 heavy (non-hydrogen) atoms. The zero-order chi connectivity index (χ0) is 49.8. The Morgan fingerprint density at radius 3 is 2.46 bits per heavy atom. The van der Waals surface area contributed by atoms with Crippen LogP contribution in [0.2, 0.25) is 5.02 Å². The van der Waals surface area contributed by atoms with Gasteiger partial charge in [0.25, 0.3) is 0 Å². The summed E-state index contributed by atoms with van der Waals surface area (Å²) < 4.78 is 35.2. The number of thioether (sulfide) groups is 1. The quantitative estimate of drug-likeness (QED) is 0.0940. The molecule has 374 valence electrons. The minimum absolute atomic E-state index is 0.0627. The predicted molar refractivity (Wildman–Crippen MR) is 252 cm³/mol. The summed E-state index contributed by atoms with van der Waals surface area (Å²) in [5, 5.41) is 23.3. The number of allylic oxidation sites excluding steroid dienone is 4. The number of rotatable bonds is 14. The van der Waals surface area contributed by atoms with E-state index < -0.39 is 77.1 Å². The summed E-state index contributed by atoms with van der Waals surface area (Å²) in [4.78, 5) is 83.5. The summed E-state index contributed by atoms with van der Waals surface area (Å²) in [6, 6.07) is 3.56. The molecule has 0 aromatic heterocycles. The maximum Gasteiger partial charge on any atom is 0.409 e. The monoisotopic (exact) mass is 988 g/mol. The van der Waals surface area contributed by atoms with Gasteiger partial charge in [-0.3, -0.25) is 29.4 Å². The number of ether oxygens (including phenoxy) is 6. The Bertz CT molecular complexity index is 2180. The number of carbonyl (C=O) groups excluding carboxylic acids is 5. The van der Waals surface area contributed by atoms with Crippen molar-refractivity contribution in [1.29, 1.82) is 0 Å². The number of methoxy groups -OCH3 is 3. The van der Waals surface area contributed by atoms with Crippen LogP contribution < -0.4 is 15.0 Å². The second kappa shape index (κ2) is 22.0. The van der Waals surface area contributed by atoms with Crippen LogP contribution in [0.3, 0.4) is 0 Å². The zero-order valence-electron chi connectivity index (χ0n) is 40.0. The molecule has 0 radical (unpaired) electrons.